The number of anilines is 2. The number of benzene rings is 1. The molecule has 1 aliphatic heterocycles. The lowest BCUT2D eigenvalue weighted by molar-refractivity contribution is 0.191. The Balaban J connectivity index is 2.01. The lowest BCUT2D eigenvalue weighted by Gasteiger charge is -2.30. The maximum absolute atomic E-state index is 5.82. The van der Waals surface area contributed by atoms with Crippen LogP contribution in [-0.4, -0.2) is 32.4 Å². The van der Waals surface area contributed by atoms with Gasteiger partial charge in [0.2, 0.25) is 0 Å². The second-order valence-electron chi connectivity index (χ2n) is 5.20. The summed E-state index contributed by atoms with van der Waals surface area (Å²) in [7, 11) is 1.75. The second-order valence-corrected chi connectivity index (χ2v) is 5.20. The van der Waals surface area contributed by atoms with Gasteiger partial charge in [-0.3, -0.25) is 0 Å². The Labute approximate surface area is 115 Å². The van der Waals surface area contributed by atoms with Crippen LogP contribution in [0.3, 0.4) is 0 Å². The smallest absolute Gasteiger partial charge is 0.144 e. The SMILES string of the molecule is COCCCC1CNc2c(cccc2OC(C)C)N1. The molecule has 2 rings (SSSR count). The van der Waals surface area contributed by atoms with E-state index in [4.69, 9.17) is 9.47 Å². The first-order valence-corrected chi connectivity index (χ1v) is 6.99. The summed E-state index contributed by atoms with van der Waals surface area (Å²) < 4.78 is 10.9. The quantitative estimate of drug-likeness (QED) is 0.775. The summed E-state index contributed by atoms with van der Waals surface area (Å²) in [5.41, 5.74) is 2.21. The number of para-hydroxylation sites is 1. The lowest BCUT2D eigenvalue weighted by Crippen LogP contribution is -2.33. The molecule has 0 fully saturated rings. The van der Waals surface area contributed by atoms with Crippen molar-refractivity contribution in [3.63, 3.8) is 0 Å². The van der Waals surface area contributed by atoms with Crippen molar-refractivity contribution in [2.45, 2.75) is 38.8 Å². The van der Waals surface area contributed by atoms with Crippen LogP contribution < -0.4 is 15.4 Å². The highest BCUT2D eigenvalue weighted by Crippen LogP contribution is 2.36. The van der Waals surface area contributed by atoms with Crippen molar-refractivity contribution in [1.82, 2.24) is 0 Å². The zero-order valence-corrected chi connectivity index (χ0v) is 12.0. The van der Waals surface area contributed by atoms with Crippen molar-refractivity contribution >= 4 is 11.4 Å². The standard InChI is InChI=1S/C15H24N2O2/c1-11(2)19-14-8-4-7-13-15(14)16-10-12(17-13)6-5-9-18-3/h4,7-8,11-12,16-17H,5-6,9-10H2,1-3H3. The van der Waals surface area contributed by atoms with Crippen LogP contribution in [0, 0.1) is 0 Å². The van der Waals surface area contributed by atoms with E-state index in [1.165, 1.54) is 0 Å². The number of hydrogen-bond donors (Lipinski definition) is 2. The maximum Gasteiger partial charge on any atom is 0.144 e. The molecule has 0 saturated heterocycles. The fourth-order valence-corrected chi connectivity index (χ4v) is 2.33. The molecule has 4 heteroatoms. The number of rotatable bonds is 6. The third-order valence-electron chi connectivity index (χ3n) is 3.17. The van der Waals surface area contributed by atoms with Crippen LogP contribution >= 0.6 is 0 Å². The highest BCUT2D eigenvalue weighted by molar-refractivity contribution is 5.77. The minimum Gasteiger partial charge on any atom is -0.489 e. The molecule has 1 unspecified atom stereocenters. The fraction of sp³-hybridized carbons (Fsp3) is 0.600. The molecular formula is C15H24N2O2. The Morgan fingerprint density at radius 2 is 2.21 bits per heavy atom. The molecule has 0 bridgehead atoms. The van der Waals surface area contributed by atoms with Gasteiger partial charge in [-0.2, -0.15) is 0 Å². The van der Waals surface area contributed by atoms with Crippen molar-refractivity contribution < 1.29 is 9.47 Å². The van der Waals surface area contributed by atoms with E-state index in [-0.39, 0.29) is 6.10 Å². The normalized spacial score (nSPS) is 17.6. The molecule has 1 aliphatic rings. The van der Waals surface area contributed by atoms with Gasteiger partial charge in [0.05, 0.1) is 11.8 Å². The van der Waals surface area contributed by atoms with E-state index in [2.05, 4.69) is 16.7 Å². The summed E-state index contributed by atoms with van der Waals surface area (Å²) in [5.74, 6) is 0.926. The van der Waals surface area contributed by atoms with Crippen LogP contribution in [0.1, 0.15) is 26.7 Å². The van der Waals surface area contributed by atoms with Crippen LogP contribution in [-0.2, 0) is 4.74 Å². The molecule has 0 aromatic heterocycles. The molecule has 2 N–H and O–H groups in total. The summed E-state index contributed by atoms with van der Waals surface area (Å²) in [6.45, 7) is 5.84. The van der Waals surface area contributed by atoms with E-state index >= 15 is 0 Å². The highest BCUT2D eigenvalue weighted by atomic mass is 16.5. The molecule has 1 aromatic carbocycles. The second kappa shape index (κ2) is 6.66. The summed E-state index contributed by atoms with van der Waals surface area (Å²) in [6.07, 6.45) is 2.37. The van der Waals surface area contributed by atoms with Gasteiger partial charge in [-0.05, 0) is 38.8 Å². The number of fused-ring (bicyclic) bond motifs is 1. The molecule has 0 spiro atoms. The van der Waals surface area contributed by atoms with Crippen molar-refractivity contribution in [3.8, 4) is 5.75 Å². The Bertz CT molecular complexity index is 407. The van der Waals surface area contributed by atoms with Crippen LogP contribution in [0.5, 0.6) is 5.75 Å². The topological polar surface area (TPSA) is 42.5 Å². The Hall–Kier alpha value is -1.42. The fourth-order valence-electron chi connectivity index (χ4n) is 2.33. The third-order valence-corrected chi connectivity index (χ3v) is 3.17. The minimum absolute atomic E-state index is 0.188. The minimum atomic E-state index is 0.188. The summed E-state index contributed by atoms with van der Waals surface area (Å²) in [5, 5.41) is 7.06. The van der Waals surface area contributed by atoms with Crippen molar-refractivity contribution in [1.29, 1.82) is 0 Å². The number of ether oxygens (including phenoxy) is 2. The summed E-state index contributed by atoms with van der Waals surface area (Å²) >= 11 is 0. The third kappa shape index (κ3) is 3.77. The Morgan fingerprint density at radius 1 is 1.37 bits per heavy atom. The van der Waals surface area contributed by atoms with E-state index < -0.39 is 0 Å². The molecule has 0 saturated carbocycles. The molecule has 1 aromatic rings. The van der Waals surface area contributed by atoms with Gasteiger partial charge in [-0.15, -0.1) is 0 Å². The van der Waals surface area contributed by atoms with Crippen LogP contribution in [0.15, 0.2) is 18.2 Å². The molecule has 19 heavy (non-hydrogen) atoms. The first-order valence-electron chi connectivity index (χ1n) is 6.99. The highest BCUT2D eigenvalue weighted by Gasteiger charge is 2.20. The van der Waals surface area contributed by atoms with Gasteiger partial charge in [-0.1, -0.05) is 6.07 Å². The van der Waals surface area contributed by atoms with Gasteiger partial charge in [0, 0.05) is 26.3 Å². The maximum atomic E-state index is 5.82. The molecule has 0 aliphatic carbocycles. The van der Waals surface area contributed by atoms with Gasteiger partial charge in [0.1, 0.15) is 11.4 Å². The van der Waals surface area contributed by atoms with E-state index in [1.807, 2.05) is 26.0 Å². The molecular weight excluding hydrogens is 240 g/mol. The largest absolute Gasteiger partial charge is 0.489 e. The average Bonchev–Trinajstić information content (AvgIpc) is 2.38. The van der Waals surface area contributed by atoms with Crippen molar-refractivity contribution in [3.05, 3.63) is 18.2 Å². The molecule has 1 heterocycles. The van der Waals surface area contributed by atoms with Crippen LogP contribution in [0.2, 0.25) is 0 Å². The first-order chi connectivity index (χ1) is 9.20. The first kappa shape index (κ1) is 14.0. The van der Waals surface area contributed by atoms with Crippen molar-refractivity contribution in [2.24, 2.45) is 0 Å². The number of hydrogen-bond acceptors (Lipinski definition) is 4. The van der Waals surface area contributed by atoms with E-state index in [9.17, 15) is 0 Å². The van der Waals surface area contributed by atoms with Gasteiger partial charge in [0.25, 0.3) is 0 Å². The predicted octanol–water partition coefficient (Wildman–Crippen LogP) is 3.11. The van der Waals surface area contributed by atoms with E-state index in [1.54, 1.807) is 7.11 Å². The number of methoxy groups -OCH3 is 1. The van der Waals surface area contributed by atoms with Gasteiger partial charge >= 0.3 is 0 Å². The monoisotopic (exact) mass is 264 g/mol. The number of nitrogens with one attached hydrogen (secondary N) is 2. The van der Waals surface area contributed by atoms with Crippen LogP contribution in [0.25, 0.3) is 0 Å². The van der Waals surface area contributed by atoms with Crippen molar-refractivity contribution in [2.75, 3.05) is 30.9 Å². The van der Waals surface area contributed by atoms with Gasteiger partial charge in [0.15, 0.2) is 0 Å². The zero-order chi connectivity index (χ0) is 13.7. The molecule has 0 amide bonds. The average molecular weight is 264 g/mol. The van der Waals surface area contributed by atoms with Gasteiger partial charge in [-0.25, -0.2) is 0 Å². The molecule has 106 valence electrons. The van der Waals surface area contributed by atoms with Crippen LogP contribution in [0.4, 0.5) is 11.4 Å². The zero-order valence-electron chi connectivity index (χ0n) is 12.0. The van der Waals surface area contributed by atoms with Gasteiger partial charge < -0.3 is 20.1 Å². The molecule has 4 nitrogen and oxygen atoms in total. The Morgan fingerprint density at radius 3 is 2.95 bits per heavy atom. The van der Waals surface area contributed by atoms with E-state index in [0.717, 1.165) is 43.1 Å². The summed E-state index contributed by atoms with van der Waals surface area (Å²) in [4.78, 5) is 0. The molecule has 0 radical (unpaired) electrons. The predicted molar refractivity (Wildman–Crippen MR) is 79.2 cm³/mol. The lowest BCUT2D eigenvalue weighted by atomic mass is 10.1. The Kier molecular flexibility index (Phi) is 4.91. The van der Waals surface area contributed by atoms with E-state index in [0.29, 0.717) is 6.04 Å². The molecule has 1 atom stereocenters. The summed E-state index contributed by atoms with van der Waals surface area (Å²) in [6, 6.07) is 6.59.